The summed E-state index contributed by atoms with van der Waals surface area (Å²) >= 11 is 0. The van der Waals surface area contributed by atoms with Crippen LogP contribution in [0, 0.1) is 12.8 Å². The van der Waals surface area contributed by atoms with E-state index in [2.05, 4.69) is 10.1 Å². The summed E-state index contributed by atoms with van der Waals surface area (Å²) in [6.45, 7) is 2.91. The zero-order valence-corrected chi connectivity index (χ0v) is 10.1. The van der Waals surface area contributed by atoms with E-state index in [1.807, 2.05) is 17.9 Å². The van der Waals surface area contributed by atoms with Crippen molar-refractivity contribution < 1.29 is 8.78 Å². The third kappa shape index (κ3) is 1.81. The Morgan fingerprint density at radius 3 is 3.00 bits per heavy atom. The van der Waals surface area contributed by atoms with Gasteiger partial charge in [-0.25, -0.2) is 18.3 Å². The fourth-order valence-electron chi connectivity index (χ4n) is 2.46. The first-order chi connectivity index (χ1) is 8.65. The van der Waals surface area contributed by atoms with Crippen molar-refractivity contribution >= 4 is 11.3 Å². The largest absolute Gasteiger partial charge is 0.354 e. The van der Waals surface area contributed by atoms with E-state index >= 15 is 0 Å². The van der Waals surface area contributed by atoms with Gasteiger partial charge in [0.05, 0.1) is 5.69 Å². The van der Waals surface area contributed by atoms with Crippen LogP contribution in [0.3, 0.4) is 0 Å². The molecule has 0 aromatic carbocycles. The lowest BCUT2D eigenvalue weighted by Crippen LogP contribution is -2.23. The molecule has 6 heteroatoms. The summed E-state index contributed by atoms with van der Waals surface area (Å²) in [5.74, 6) is 0.206. The van der Waals surface area contributed by atoms with E-state index in [9.17, 15) is 8.78 Å². The number of hydrogen-bond acceptors (Lipinski definition) is 3. The van der Waals surface area contributed by atoms with Crippen LogP contribution in [0.1, 0.15) is 12.1 Å². The summed E-state index contributed by atoms with van der Waals surface area (Å²) in [4.78, 5) is 6.24. The predicted octanol–water partition coefficient (Wildman–Crippen LogP) is 2.13. The Balaban J connectivity index is 1.95. The molecule has 18 heavy (non-hydrogen) atoms. The molecule has 1 atom stereocenters. The van der Waals surface area contributed by atoms with Gasteiger partial charge in [0.2, 0.25) is 6.43 Å². The van der Waals surface area contributed by atoms with E-state index in [0.29, 0.717) is 19.5 Å². The summed E-state index contributed by atoms with van der Waals surface area (Å²) in [6.07, 6.45) is 1.70. The molecule has 3 rings (SSSR count). The van der Waals surface area contributed by atoms with E-state index in [0.717, 1.165) is 17.0 Å². The van der Waals surface area contributed by atoms with Gasteiger partial charge in [0.1, 0.15) is 5.52 Å². The highest BCUT2D eigenvalue weighted by atomic mass is 19.3. The van der Waals surface area contributed by atoms with Crippen LogP contribution in [0.4, 0.5) is 14.6 Å². The van der Waals surface area contributed by atoms with Crippen molar-refractivity contribution in [2.45, 2.75) is 19.8 Å². The molecule has 1 aliphatic rings. The molecule has 0 bridgehead atoms. The minimum absolute atomic E-state index is 0.370. The summed E-state index contributed by atoms with van der Waals surface area (Å²) in [7, 11) is 0. The fraction of sp³-hybridized carbons (Fsp3) is 0.500. The molecule has 3 heterocycles. The predicted molar refractivity (Wildman–Crippen MR) is 64.0 cm³/mol. The van der Waals surface area contributed by atoms with E-state index in [4.69, 9.17) is 0 Å². The number of alkyl halides is 2. The molecule has 96 valence electrons. The van der Waals surface area contributed by atoms with Crippen molar-refractivity contribution in [3.8, 4) is 0 Å². The van der Waals surface area contributed by atoms with Gasteiger partial charge in [0, 0.05) is 31.4 Å². The Kier molecular flexibility index (Phi) is 2.65. The van der Waals surface area contributed by atoms with Crippen LogP contribution in [0.25, 0.3) is 5.52 Å². The Labute approximate surface area is 103 Å². The smallest absolute Gasteiger partial charge is 0.243 e. The van der Waals surface area contributed by atoms with Gasteiger partial charge in [-0.3, -0.25) is 0 Å². The lowest BCUT2D eigenvalue weighted by molar-refractivity contribution is 0.0880. The maximum absolute atomic E-state index is 12.7. The molecule has 4 nitrogen and oxygen atoms in total. The first-order valence-corrected chi connectivity index (χ1v) is 5.99. The van der Waals surface area contributed by atoms with E-state index < -0.39 is 12.3 Å². The second-order valence-corrected chi connectivity index (χ2v) is 4.70. The summed E-state index contributed by atoms with van der Waals surface area (Å²) in [6, 6.07) is 1.93. The van der Waals surface area contributed by atoms with Gasteiger partial charge in [0.15, 0.2) is 5.82 Å². The quantitative estimate of drug-likeness (QED) is 0.821. The van der Waals surface area contributed by atoms with Crippen LogP contribution in [0.5, 0.6) is 0 Å². The first kappa shape index (κ1) is 11.4. The van der Waals surface area contributed by atoms with E-state index in [-0.39, 0.29) is 0 Å². The number of fused-ring (bicyclic) bond motifs is 1. The summed E-state index contributed by atoms with van der Waals surface area (Å²) in [5, 5.41) is 4.30. The van der Waals surface area contributed by atoms with Gasteiger partial charge in [-0.2, -0.15) is 5.10 Å². The van der Waals surface area contributed by atoms with E-state index in [1.54, 1.807) is 16.9 Å². The van der Waals surface area contributed by atoms with Crippen LogP contribution in [-0.2, 0) is 0 Å². The van der Waals surface area contributed by atoms with Crippen molar-refractivity contribution in [2.75, 3.05) is 18.0 Å². The van der Waals surface area contributed by atoms with Crippen molar-refractivity contribution in [3.05, 3.63) is 24.2 Å². The van der Waals surface area contributed by atoms with Crippen LogP contribution in [0.15, 0.2) is 18.5 Å². The van der Waals surface area contributed by atoms with Crippen molar-refractivity contribution in [2.24, 2.45) is 5.92 Å². The van der Waals surface area contributed by atoms with Gasteiger partial charge in [-0.15, -0.1) is 0 Å². The highest BCUT2D eigenvalue weighted by Gasteiger charge is 2.31. The van der Waals surface area contributed by atoms with Crippen molar-refractivity contribution in [3.63, 3.8) is 0 Å². The Bertz CT molecular complexity index is 566. The number of aryl methyl sites for hydroxylation is 1. The summed E-state index contributed by atoms with van der Waals surface area (Å²) < 4.78 is 27.1. The lowest BCUT2D eigenvalue weighted by Gasteiger charge is -2.18. The topological polar surface area (TPSA) is 33.4 Å². The molecule has 1 saturated heterocycles. The molecule has 1 fully saturated rings. The minimum Gasteiger partial charge on any atom is -0.354 e. The summed E-state index contributed by atoms with van der Waals surface area (Å²) in [5.41, 5.74) is 1.78. The number of nitrogens with zero attached hydrogens (tertiary/aromatic N) is 4. The first-order valence-electron chi connectivity index (χ1n) is 5.99. The Morgan fingerprint density at radius 1 is 1.44 bits per heavy atom. The molecule has 0 aliphatic carbocycles. The highest BCUT2D eigenvalue weighted by Crippen LogP contribution is 2.28. The Morgan fingerprint density at radius 2 is 2.28 bits per heavy atom. The third-order valence-corrected chi connectivity index (χ3v) is 3.37. The standard InChI is InChI=1S/C12H14F2N4/c1-8-6-10-12(15-3-5-18(10)16-8)17-4-2-9(7-17)11(13)14/h3,5-6,9,11H,2,4,7H2,1H3. The molecule has 0 saturated carbocycles. The van der Waals surface area contributed by atoms with Gasteiger partial charge >= 0.3 is 0 Å². The molecule has 0 N–H and O–H groups in total. The molecule has 0 amide bonds. The molecular weight excluding hydrogens is 238 g/mol. The monoisotopic (exact) mass is 252 g/mol. The van der Waals surface area contributed by atoms with Gasteiger partial charge in [-0.1, -0.05) is 0 Å². The zero-order valence-electron chi connectivity index (χ0n) is 10.1. The molecule has 2 aromatic heterocycles. The number of hydrogen-bond donors (Lipinski definition) is 0. The molecule has 0 radical (unpaired) electrons. The number of halogens is 2. The second-order valence-electron chi connectivity index (χ2n) is 4.70. The maximum atomic E-state index is 12.7. The normalized spacial score (nSPS) is 20.2. The van der Waals surface area contributed by atoms with Gasteiger partial charge in [-0.05, 0) is 19.4 Å². The molecule has 0 spiro atoms. The average Bonchev–Trinajstić information content (AvgIpc) is 2.92. The molecular formula is C12H14F2N4. The molecule has 1 aliphatic heterocycles. The van der Waals surface area contributed by atoms with Crippen molar-refractivity contribution in [1.29, 1.82) is 0 Å². The van der Waals surface area contributed by atoms with Gasteiger partial charge in [0.25, 0.3) is 0 Å². The van der Waals surface area contributed by atoms with E-state index in [1.165, 1.54) is 0 Å². The van der Waals surface area contributed by atoms with Crippen LogP contribution in [-0.4, -0.2) is 34.1 Å². The second kappa shape index (κ2) is 4.19. The molecule has 2 aromatic rings. The van der Waals surface area contributed by atoms with Crippen LogP contribution in [0.2, 0.25) is 0 Å². The molecule has 1 unspecified atom stereocenters. The average molecular weight is 252 g/mol. The maximum Gasteiger partial charge on any atom is 0.243 e. The third-order valence-electron chi connectivity index (χ3n) is 3.37. The van der Waals surface area contributed by atoms with Gasteiger partial charge < -0.3 is 4.90 Å². The highest BCUT2D eigenvalue weighted by molar-refractivity contribution is 5.69. The fourth-order valence-corrected chi connectivity index (χ4v) is 2.46. The minimum atomic E-state index is -2.25. The van der Waals surface area contributed by atoms with Crippen LogP contribution >= 0.6 is 0 Å². The Hall–Kier alpha value is -1.72. The van der Waals surface area contributed by atoms with Crippen molar-refractivity contribution in [1.82, 2.24) is 14.6 Å². The van der Waals surface area contributed by atoms with Crippen LogP contribution < -0.4 is 4.90 Å². The lowest BCUT2D eigenvalue weighted by atomic mass is 10.1. The number of aromatic nitrogens is 3. The number of anilines is 1. The number of rotatable bonds is 2. The SMILES string of the molecule is Cc1cc2c(N3CCC(C(F)F)C3)nccn2n1. The zero-order chi connectivity index (χ0) is 12.7.